The predicted molar refractivity (Wildman–Crippen MR) is 123 cm³/mol. The molecule has 4 rings (SSSR count). The van der Waals surface area contributed by atoms with Crippen molar-refractivity contribution < 1.29 is 14.4 Å². The van der Waals surface area contributed by atoms with Crippen LogP contribution in [0.2, 0.25) is 0 Å². The second kappa shape index (κ2) is 9.02. The number of nitrogens with one attached hydrogen (secondary N) is 2. The van der Waals surface area contributed by atoms with Crippen LogP contribution in [0.15, 0.2) is 72.8 Å². The van der Waals surface area contributed by atoms with E-state index in [9.17, 15) is 4.79 Å². The number of ether oxygens (including phenoxy) is 1. The number of likely N-dealkylation sites (N-methyl/N-ethyl adjacent to an activating group) is 1. The van der Waals surface area contributed by atoms with Gasteiger partial charge in [0.1, 0.15) is 18.1 Å². The molecule has 0 aliphatic carbocycles. The molecule has 1 atom stereocenters. The van der Waals surface area contributed by atoms with Crippen molar-refractivity contribution in [2.24, 2.45) is 0 Å². The second-order valence-electron chi connectivity index (χ2n) is 7.82. The maximum absolute atomic E-state index is 12.7. The number of amides is 1. The van der Waals surface area contributed by atoms with Crippen molar-refractivity contribution in [2.75, 3.05) is 26.0 Å². The van der Waals surface area contributed by atoms with Gasteiger partial charge in [-0.3, -0.25) is 4.79 Å². The van der Waals surface area contributed by atoms with Crippen LogP contribution in [0.5, 0.6) is 5.75 Å². The molecule has 4 aromatic rings. The maximum atomic E-state index is 12.7. The number of rotatable bonds is 7. The lowest BCUT2D eigenvalue weighted by molar-refractivity contribution is -0.885. The third-order valence-electron chi connectivity index (χ3n) is 5.18. The normalized spacial score (nSPS) is 12.0. The summed E-state index contributed by atoms with van der Waals surface area (Å²) in [5.41, 5.74) is 2.96. The van der Waals surface area contributed by atoms with Crippen molar-refractivity contribution >= 4 is 22.5 Å². The molecule has 158 valence electrons. The van der Waals surface area contributed by atoms with E-state index in [2.05, 4.69) is 34.7 Å². The Morgan fingerprint density at radius 3 is 2.55 bits per heavy atom. The average molecular weight is 416 g/mol. The fourth-order valence-corrected chi connectivity index (χ4v) is 3.74. The number of carbonyl (C=O) groups is 1. The molecule has 2 N–H and O–H groups in total. The molecule has 1 aromatic heterocycles. The number of aryl methyl sites for hydroxylation is 1. The van der Waals surface area contributed by atoms with Crippen LogP contribution in [0.1, 0.15) is 11.3 Å². The van der Waals surface area contributed by atoms with Gasteiger partial charge in [-0.2, -0.15) is 5.10 Å². The van der Waals surface area contributed by atoms with Crippen molar-refractivity contribution in [2.45, 2.75) is 13.5 Å². The molecular weight excluding hydrogens is 388 g/mol. The number of hydrogen-bond donors (Lipinski definition) is 2. The molecule has 0 fully saturated rings. The minimum absolute atomic E-state index is 0.0416. The molecule has 1 unspecified atom stereocenters. The van der Waals surface area contributed by atoms with Crippen molar-refractivity contribution in [3.05, 3.63) is 84.1 Å². The summed E-state index contributed by atoms with van der Waals surface area (Å²) in [5.74, 6) is 1.49. The lowest BCUT2D eigenvalue weighted by atomic mass is 10.1. The highest BCUT2D eigenvalue weighted by Crippen LogP contribution is 2.21. The van der Waals surface area contributed by atoms with Gasteiger partial charge in [-0.05, 0) is 48.0 Å². The van der Waals surface area contributed by atoms with Gasteiger partial charge in [0, 0.05) is 11.6 Å². The molecule has 0 radical (unpaired) electrons. The summed E-state index contributed by atoms with van der Waals surface area (Å²) in [6.07, 6.45) is 0. The zero-order chi connectivity index (χ0) is 21.8. The number of hydrogen-bond acceptors (Lipinski definition) is 3. The number of quaternary nitrogens is 1. The zero-order valence-electron chi connectivity index (χ0n) is 18.1. The largest absolute Gasteiger partial charge is 0.497 e. The van der Waals surface area contributed by atoms with Crippen LogP contribution in [0.3, 0.4) is 0 Å². The van der Waals surface area contributed by atoms with Gasteiger partial charge in [-0.1, -0.05) is 36.4 Å². The zero-order valence-corrected chi connectivity index (χ0v) is 18.1. The number of benzene rings is 3. The number of methoxy groups -OCH3 is 1. The van der Waals surface area contributed by atoms with Gasteiger partial charge in [0.25, 0.3) is 5.91 Å². The third-order valence-corrected chi connectivity index (χ3v) is 5.18. The minimum Gasteiger partial charge on any atom is -0.497 e. The van der Waals surface area contributed by atoms with Crippen LogP contribution in [0.4, 0.5) is 5.82 Å². The number of carbonyl (C=O) groups excluding carboxylic acids is 1. The van der Waals surface area contributed by atoms with Gasteiger partial charge < -0.3 is 15.0 Å². The third kappa shape index (κ3) is 4.92. The van der Waals surface area contributed by atoms with Crippen LogP contribution in [-0.4, -0.2) is 36.4 Å². The fraction of sp³-hybridized carbons (Fsp3) is 0.200. The molecule has 1 amide bonds. The van der Waals surface area contributed by atoms with Crippen LogP contribution < -0.4 is 15.0 Å². The van der Waals surface area contributed by atoms with E-state index in [1.165, 1.54) is 5.56 Å². The van der Waals surface area contributed by atoms with Gasteiger partial charge in [0.2, 0.25) is 0 Å². The molecule has 0 saturated heterocycles. The van der Waals surface area contributed by atoms with Crippen molar-refractivity contribution in [1.29, 1.82) is 0 Å². The molecular formula is C25H27N4O2+. The van der Waals surface area contributed by atoms with Gasteiger partial charge in [-0.15, -0.1) is 0 Å². The first kappa shape index (κ1) is 20.6. The first-order chi connectivity index (χ1) is 15.0. The van der Waals surface area contributed by atoms with Gasteiger partial charge in [-0.25, -0.2) is 4.68 Å². The highest BCUT2D eigenvalue weighted by Gasteiger charge is 2.15. The monoisotopic (exact) mass is 415 g/mol. The molecule has 6 heteroatoms. The van der Waals surface area contributed by atoms with Crippen molar-refractivity contribution in [3.63, 3.8) is 0 Å². The van der Waals surface area contributed by atoms with Gasteiger partial charge in [0.15, 0.2) is 6.54 Å². The topological polar surface area (TPSA) is 60.6 Å². The van der Waals surface area contributed by atoms with E-state index < -0.39 is 0 Å². The summed E-state index contributed by atoms with van der Waals surface area (Å²) in [6.45, 7) is 3.04. The predicted octanol–water partition coefficient (Wildman–Crippen LogP) is 3.00. The average Bonchev–Trinajstić information content (AvgIpc) is 3.13. The number of nitrogens with zero attached hydrogens (tertiary/aromatic N) is 2. The first-order valence-electron chi connectivity index (χ1n) is 10.3. The smallest absolute Gasteiger partial charge is 0.280 e. The Balaban J connectivity index is 1.41. The summed E-state index contributed by atoms with van der Waals surface area (Å²) in [4.78, 5) is 13.8. The Hall–Kier alpha value is -3.64. The van der Waals surface area contributed by atoms with Gasteiger partial charge in [0.05, 0.1) is 25.5 Å². The Morgan fingerprint density at radius 2 is 1.77 bits per heavy atom. The standard InChI is InChI=1S/C25H26N4O2/c1-18-13-24(29(27-18)22-7-5-4-6-8-22)26-25(30)17-28(2)16-19-9-10-21-15-23(31-3)12-11-20(21)14-19/h4-15H,16-17H2,1-3H3,(H,26,30)/p+1. The first-order valence-corrected chi connectivity index (χ1v) is 10.3. The van der Waals surface area contributed by atoms with E-state index in [1.807, 2.05) is 62.5 Å². The second-order valence-corrected chi connectivity index (χ2v) is 7.82. The van der Waals surface area contributed by atoms with Crippen molar-refractivity contribution in [3.8, 4) is 11.4 Å². The van der Waals surface area contributed by atoms with Crippen molar-refractivity contribution in [1.82, 2.24) is 9.78 Å². The quantitative estimate of drug-likeness (QED) is 0.488. The summed E-state index contributed by atoms with van der Waals surface area (Å²) in [6, 6.07) is 24.1. The number of fused-ring (bicyclic) bond motifs is 1. The number of aromatic nitrogens is 2. The Labute approximate surface area is 182 Å². The maximum Gasteiger partial charge on any atom is 0.280 e. The summed E-state index contributed by atoms with van der Waals surface area (Å²) >= 11 is 0. The van der Waals surface area contributed by atoms with Crippen LogP contribution >= 0.6 is 0 Å². The van der Waals surface area contributed by atoms with E-state index in [0.29, 0.717) is 12.4 Å². The molecule has 6 nitrogen and oxygen atoms in total. The minimum atomic E-state index is -0.0416. The molecule has 0 spiro atoms. The lowest BCUT2D eigenvalue weighted by Crippen LogP contribution is -3.08. The number of anilines is 1. The number of para-hydroxylation sites is 1. The molecule has 31 heavy (non-hydrogen) atoms. The van der Waals surface area contributed by atoms with E-state index in [4.69, 9.17) is 4.74 Å². The molecule has 3 aromatic carbocycles. The lowest BCUT2D eigenvalue weighted by Gasteiger charge is -2.15. The molecule has 0 bridgehead atoms. The molecule has 1 heterocycles. The SMILES string of the molecule is COc1ccc2cc(C[NH+](C)CC(=O)Nc3cc(C)nn3-c3ccccc3)ccc2c1. The highest BCUT2D eigenvalue weighted by molar-refractivity contribution is 5.91. The van der Waals surface area contributed by atoms with E-state index >= 15 is 0 Å². The molecule has 0 aliphatic heterocycles. The van der Waals surface area contributed by atoms with Crippen LogP contribution in [-0.2, 0) is 11.3 Å². The van der Waals surface area contributed by atoms with E-state index in [-0.39, 0.29) is 5.91 Å². The fourth-order valence-electron chi connectivity index (χ4n) is 3.74. The van der Waals surface area contributed by atoms with Crippen LogP contribution in [0.25, 0.3) is 16.5 Å². The van der Waals surface area contributed by atoms with Gasteiger partial charge >= 0.3 is 0 Å². The molecule has 0 saturated carbocycles. The molecule has 0 aliphatic rings. The van der Waals surface area contributed by atoms with E-state index in [1.54, 1.807) is 11.8 Å². The Kier molecular flexibility index (Phi) is 6.00. The Morgan fingerprint density at radius 1 is 1.03 bits per heavy atom. The van der Waals surface area contributed by atoms with Crippen LogP contribution in [0, 0.1) is 6.92 Å². The Bertz CT molecular complexity index is 1200. The summed E-state index contributed by atoms with van der Waals surface area (Å²) < 4.78 is 7.06. The summed E-state index contributed by atoms with van der Waals surface area (Å²) in [7, 11) is 3.70. The summed E-state index contributed by atoms with van der Waals surface area (Å²) in [5, 5.41) is 9.83. The van der Waals surface area contributed by atoms with E-state index in [0.717, 1.165) is 39.3 Å². The highest BCUT2D eigenvalue weighted by atomic mass is 16.5.